The summed E-state index contributed by atoms with van der Waals surface area (Å²) in [5.74, 6) is 0.146. The Morgan fingerprint density at radius 3 is 2.58 bits per heavy atom. The van der Waals surface area contributed by atoms with Crippen molar-refractivity contribution in [3.8, 4) is 0 Å². The molecule has 0 radical (unpaired) electrons. The average molecular weight is 534 g/mol. The van der Waals surface area contributed by atoms with Gasteiger partial charge < -0.3 is 10.6 Å². The fourth-order valence-electron chi connectivity index (χ4n) is 4.29. The molecule has 0 unspecified atom stereocenters. The van der Waals surface area contributed by atoms with E-state index in [4.69, 9.17) is 9.98 Å². The van der Waals surface area contributed by atoms with Crippen LogP contribution in [0.1, 0.15) is 62.6 Å². The molecule has 38 heavy (non-hydrogen) atoms. The predicted octanol–water partition coefficient (Wildman–Crippen LogP) is 4.48. The van der Waals surface area contributed by atoms with Crippen LogP contribution in [0.2, 0.25) is 0 Å². The minimum absolute atomic E-state index is 0.0729. The van der Waals surface area contributed by atoms with Crippen LogP contribution in [0.5, 0.6) is 0 Å². The highest BCUT2D eigenvalue weighted by Crippen LogP contribution is 2.35. The second-order valence-corrected chi connectivity index (χ2v) is 10.7. The van der Waals surface area contributed by atoms with E-state index in [9.17, 15) is 14.4 Å². The van der Waals surface area contributed by atoms with E-state index in [1.165, 1.54) is 22.2 Å². The maximum absolute atomic E-state index is 13.5. The number of para-hydroxylation sites is 1. The predicted molar refractivity (Wildman–Crippen MR) is 153 cm³/mol. The van der Waals surface area contributed by atoms with E-state index in [1.54, 1.807) is 0 Å². The van der Waals surface area contributed by atoms with Crippen LogP contribution in [0.3, 0.4) is 0 Å². The van der Waals surface area contributed by atoms with E-state index in [2.05, 4.69) is 17.6 Å². The van der Waals surface area contributed by atoms with Gasteiger partial charge in [-0.15, -0.1) is 0 Å². The van der Waals surface area contributed by atoms with Crippen LogP contribution in [-0.4, -0.2) is 51.5 Å². The van der Waals surface area contributed by atoms with E-state index in [0.29, 0.717) is 42.6 Å². The number of amidine groups is 2. The molecule has 0 spiro atoms. The van der Waals surface area contributed by atoms with Crippen molar-refractivity contribution in [2.24, 2.45) is 9.98 Å². The van der Waals surface area contributed by atoms with Crippen molar-refractivity contribution in [3.63, 3.8) is 0 Å². The second kappa shape index (κ2) is 12.9. The number of carbonyl (C=O) groups excluding carboxylic acids is 3. The van der Waals surface area contributed by atoms with Crippen LogP contribution in [0.15, 0.2) is 58.5 Å². The Balaban J connectivity index is 1.47. The summed E-state index contributed by atoms with van der Waals surface area (Å²) in [4.78, 5) is 49.9. The normalized spacial score (nSPS) is 16.8. The zero-order valence-electron chi connectivity index (χ0n) is 22.2. The molecule has 0 aromatic heterocycles. The number of nitrogens with one attached hydrogen (secondary N) is 2. The molecule has 8 nitrogen and oxygen atoms in total. The number of amides is 3. The van der Waals surface area contributed by atoms with Gasteiger partial charge in [-0.25, -0.2) is 9.89 Å². The Bertz CT molecular complexity index is 1240. The number of benzene rings is 2. The maximum atomic E-state index is 13.5. The van der Waals surface area contributed by atoms with Crippen molar-refractivity contribution in [1.29, 1.82) is 0 Å². The summed E-state index contributed by atoms with van der Waals surface area (Å²) in [6.07, 6.45) is 3.05. The van der Waals surface area contributed by atoms with Crippen molar-refractivity contribution in [2.45, 2.75) is 70.7 Å². The number of rotatable bonds is 11. The minimum atomic E-state index is -0.658. The Hall–Kier alpha value is -3.46. The van der Waals surface area contributed by atoms with Gasteiger partial charge in [0.15, 0.2) is 5.17 Å². The van der Waals surface area contributed by atoms with Crippen LogP contribution in [0.25, 0.3) is 0 Å². The smallest absolute Gasteiger partial charge is 0.259 e. The number of thioether (sulfide) groups is 1. The largest absolute Gasteiger partial charge is 0.356 e. The van der Waals surface area contributed by atoms with Crippen LogP contribution >= 0.6 is 11.8 Å². The first-order valence-corrected chi connectivity index (χ1v) is 14.2. The average Bonchev–Trinajstić information content (AvgIpc) is 3.26. The summed E-state index contributed by atoms with van der Waals surface area (Å²) in [7, 11) is 0. The summed E-state index contributed by atoms with van der Waals surface area (Å²) in [5.41, 5.74) is 3.68. The van der Waals surface area contributed by atoms with Gasteiger partial charge in [0.1, 0.15) is 11.9 Å². The highest BCUT2D eigenvalue weighted by molar-refractivity contribution is 8.15. The number of unbranched alkanes of at least 4 members (excludes halogenated alkanes) is 1. The van der Waals surface area contributed by atoms with Crippen molar-refractivity contribution >= 4 is 46.2 Å². The molecular formula is C29H35N5O3S. The molecule has 2 atom stereocenters. The second-order valence-electron chi connectivity index (χ2n) is 9.51. The lowest BCUT2D eigenvalue weighted by molar-refractivity contribution is -0.125. The Morgan fingerprint density at radius 2 is 1.84 bits per heavy atom. The van der Waals surface area contributed by atoms with E-state index in [-0.39, 0.29) is 24.1 Å². The van der Waals surface area contributed by atoms with Crippen LogP contribution in [0, 0.1) is 6.92 Å². The van der Waals surface area contributed by atoms with Gasteiger partial charge in [0.05, 0.1) is 10.9 Å². The molecule has 0 aliphatic carbocycles. The van der Waals surface area contributed by atoms with Crippen LogP contribution in [0.4, 0.5) is 5.69 Å². The van der Waals surface area contributed by atoms with Crippen LogP contribution in [-0.2, 0) is 20.9 Å². The molecule has 2 aromatic carbocycles. The summed E-state index contributed by atoms with van der Waals surface area (Å²) in [6, 6.07) is 14.9. The van der Waals surface area contributed by atoms with Gasteiger partial charge in [-0.05, 0) is 43.9 Å². The third-order valence-electron chi connectivity index (χ3n) is 6.54. The lowest BCUT2D eigenvalue weighted by atomic mass is 10.1. The summed E-state index contributed by atoms with van der Waals surface area (Å²) >= 11 is 1.28. The standard InChI is InChI=1S/C29H35N5O3S/c1-4-6-17-30-25(35)16-15-23-28(37)34-26(32-23)21-9-7-8-10-22(21)33-29(34)38-24(5-2)27(36)31-18-20-13-11-19(3)12-14-20/h7-14,23-24H,4-6,15-18H2,1-3H3,(H,30,35)(H,31,36)/t23-,24-/m1/s1. The zero-order valence-corrected chi connectivity index (χ0v) is 23.0. The Labute approximate surface area is 228 Å². The molecule has 2 heterocycles. The Kier molecular flexibility index (Phi) is 9.33. The first-order valence-electron chi connectivity index (χ1n) is 13.3. The molecule has 0 saturated carbocycles. The minimum Gasteiger partial charge on any atom is -0.356 e. The Morgan fingerprint density at radius 1 is 1.08 bits per heavy atom. The first-order chi connectivity index (χ1) is 18.4. The lowest BCUT2D eigenvalue weighted by Crippen LogP contribution is -2.43. The van der Waals surface area contributed by atoms with Gasteiger partial charge in [-0.1, -0.05) is 74.0 Å². The SMILES string of the molecule is CCCCNC(=O)CC[C@H]1N=C2c3ccccc3N=C(S[C@H](CC)C(=O)NCc3ccc(C)cc3)N2C1=O. The highest BCUT2D eigenvalue weighted by Gasteiger charge is 2.42. The molecule has 200 valence electrons. The van der Waals surface area contributed by atoms with Crippen molar-refractivity contribution < 1.29 is 14.4 Å². The quantitative estimate of drug-likeness (QED) is 0.416. The maximum Gasteiger partial charge on any atom is 0.259 e. The van der Waals surface area contributed by atoms with Gasteiger partial charge in [-0.2, -0.15) is 0 Å². The molecule has 3 amide bonds. The van der Waals surface area contributed by atoms with E-state index < -0.39 is 11.3 Å². The third kappa shape index (κ3) is 6.51. The number of carbonyl (C=O) groups is 3. The topological polar surface area (TPSA) is 103 Å². The fourth-order valence-corrected chi connectivity index (χ4v) is 5.33. The lowest BCUT2D eigenvalue weighted by Gasteiger charge is -2.27. The van der Waals surface area contributed by atoms with Gasteiger partial charge in [0.2, 0.25) is 11.8 Å². The number of aryl methyl sites for hydroxylation is 1. The molecule has 0 fully saturated rings. The highest BCUT2D eigenvalue weighted by atomic mass is 32.2. The molecule has 0 bridgehead atoms. The molecule has 2 aromatic rings. The van der Waals surface area contributed by atoms with Gasteiger partial charge in [0, 0.05) is 25.1 Å². The summed E-state index contributed by atoms with van der Waals surface area (Å²) in [5, 5.41) is 5.93. The monoisotopic (exact) mass is 533 g/mol. The molecular weight excluding hydrogens is 498 g/mol. The third-order valence-corrected chi connectivity index (χ3v) is 7.86. The number of hydrogen-bond acceptors (Lipinski definition) is 6. The van der Waals surface area contributed by atoms with E-state index >= 15 is 0 Å². The van der Waals surface area contributed by atoms with E-state index in [0.717, 1.165) is 24.0 Å². The zero-order chi connectivity index (χ0) is 27.1. The number of nitrogens with zero attached hydrogens (tertiary/aromatic N) is 3. The fraction of sp³-hybridized carbons (Fsp3) is 0.414. The molecule has 0 saturated heterocycles. The van der Waals surface area contributed by atoms with Crippen LogP contribution < -0.4 is 10.6 Å². The molecule has 2 aliphatic rings. The molecule has 4 rings (SSSR count). The van der Waals surface area contributed by atoms with Crippen molar-refractivity contribution in [2.75, 3.05) is 6.54 Å². The summed E-state index contributed by atoms with van der Waals surface area (Å²) < 4.78 is 0. The molecule has 9 heteroatoms. The van der Waals surface area contributed by atoms with Gasteiger partial charge in [-0.3, -0.25) is 19.4 Å². The van der Waals surface area contributed by atoms with Crippen molar-refractivity contribution in [3.05, 3.63) is 65.2 Å². The number of fused-ring (bicyclic) bond motifs is 3. The van der Waals surface area contributed by atoms with Gasteiger partial charge in [0.25, 0.3) is 5.91 Å². The number of hydrogen-bond donors (Lipinski definition) is 2. The van der Waals surface area contributed by atoms with Gasteiger partial charge >= 0.3 is 0 Å². The van der Waals surface area contributed by atoms with E-state index in [1.807, 2.05) is 62.4 Å². The molecule has 2 N–H and O–H groups in total. The van der Waals surface area contributed by atoms with Crippen molar-refractivity contribution in [1.82, 2.24) is 15.5 Å². The number of aliphatic imine (C=N–C) groups is 2. The first kappa shape index (κ1) is 27.6. The molecule has 2 aliphatic heterocycles. The summed E-state index contributed by atoms with van der Waals surface area (Å²) in [6.45, 7) is 7.12.